The number of nitrogens with one attached hydrogen (secondary N) is 1. The average molecular weight is 498 g/mol. The maximum Gasteiger partial charge on any atom is 0.271 e. The van der Waals surface area contributed by atoms with Crippen LogP contribution in [0.2, 0.25) is 0 Å². The van der Waals surface area contributed by atoms with Crippen molar-refractivity contribution in [3.05, 3.63) is 107 Å². The van der Waals surface area contributed by atoms with E-state index in [1.54, 1.807) is 29.7 Å². The number of anilines is 1. The Labute approximate surface area is 214 Å². The van der Waals surface area contributed by atoms with Gasteiger partial charge in [0.15, 0.2) is 0 Å². The van der Waals surface area contributed by atoms with Crippen molar-refractivity contribution in [1.82, 2.24) is 5.43 Å². The number of hydrazone groups is 1. The van der Waals surface area contributed by atoms with Gasteiger partial charge in [-0.05, 0) is 41.5 Å². The SMILES string of the molecule is O=C(NN=Cc1ccc(N2CCOCC2)s1)c1ccc(COc2ccccc2-c2ccccc2)cc1. The summed E-state index contributed by atoms with van der Waals surface area (Å²) in [6.45, 7) is 3.71. The standard InChI is InChI=1S/C29H27N3O3S/c33-29(31-30-20-25-14-15-28(36-25)32-16-18-34-19-17-32)24-12-10-22(11-13-24)21-35-27-9-5-4-8-26(27)23-6-2-1-3-7-23/h1-15,20H,16-19,21H2,(H,31,33). The fourth-order valence-electron chi connectivity index (χ4n) is 3.95. The first-order valence-corrected chi connectivity index (χ1v) is 12.7. The van der Waals surface area contributed by atoms with Crippen LogP contribution in [0.3, 0.4) is 0 Å². The van der Waals surface area contributed by atoms with Gasteiger partial charge in [-0.25, -0.2) is 5.43 Å². The van der Waals surface area contributed by atoms with E-state index in [2.05, 4.69) is 39.7 Å². The van der Waals surface area contributed by atoms with E-state index in [0.29, 0.717) is 12.2 Å². The third-order valence-corrected chi connectivity index (χ3v) is 6.96. The maximum atomic E-state index is 12.5. The van der Waals surface area contributed by atoms with Crippen LogP contribution in [0.25, 0.3) is 11.1 Å². The number of benzene rings is 3. The Morgan fingerprint density at radius 3 is 2.50 bits per heavy atom. The van der Waals surface area contributed by atoms with Crippen molar-refractivity contribution in [2.45, 2.75) is 6.61 Å². The Hall–Kier alpha value is -3.94. The minimum absolute atomic E-state index is 0.252. The van der Waals surface area contributed by atoms with Gasteiger partial charge in [0.25, 0.3) is 5.91 Å². The lowest BCUT2D eigenvalue weighted by Crippen LogP contribution is -2.35. The van der Waals surface area contributed by atoms with Crippen LogP contribution >= 0.6 is 11.3 Å². The van der Waals surface area contributed by atoms with Gasteiger partial charge >= 0.3 is 0 Å². The van der Waals surface area contributed by atoms with Crippen molar-refractivity contribution in [3.8, 4) is 16.9 Å². The van der Waals surface area contributed by atoms with Crippen molar-refractivity contribution in [2.24, 2.45) is 5.10 Å². The van der Waals surface area contributed by atoms with Crippen LogP contribution in [0.4, 0.5) is 5.00 Å². The molecule has 182 valence electrons. The summed E-state index contributed by atoms with van der Waals surface area (Å²) in [6, 6.07) is 29.6. The van der Waals surface area contributed by atoms with Crippen LogP contribution in [-0.4, -0.2) is 38.4 Å². The molecule has 1 saturated heterocycles. The van der Waals surface area contributed by atoms with Gasteiger partial charge in [-0.1, -0.05) is 60.7 Å². The van der Waals surface area contributed by atoms with E-state index in [9.17, 15) is 4.79 Å². The molecule has 0 atom stereocenters. The Balaban J connectivity index is 1.14. The van der Waals surface area contributed by atoms with E-state index < -0.39 is 0 Å². The molecule has 0 bridgehead atoms. The van der Waals surface area contributed by atoms with Crippen molar-refractivity contribution in [1.29, 1.82) is 0 Å². The molecule has 0 spiro atoms. The highest BCUT2D eigenvalue weighted by Gasteiger charge is 2.13. The van der Waals surface area contributed by atoms with Crippen LogP contribution in [-0.2, 0) is 11.3 Å². The highest BCUT2D eigenvalue weighted by atomic mass is 32.1. The molecular weight excluding hydrogens is 470 g/mol. The van der Waals surface area contributed by atoms with E-state index in [0.717, 1.165) is 53.6 Å². The average Bonchev–Trinajstić information content (AvgIpc) is 3.42. The molecule has 1 N–H and O–H groups in total. The lowest BCUT2D eigenvalue weighted by Gasteiger charge is -2.27. The molecule has 0 saturated carbocycles. The topological polar surface area (TPSA) is 63.2 Å². The van der Waals surface area contributed by atoms with E-state index in [4.69, 9.17) is 9.47 Å². The summed E-state index contributed by atoms with van der Waals surface area (Å²) in [4.78, 5) is 15.8. The molecule has 5 rings (SSSR count). The van der Waals surface area contributed by atoms with E-state index in [-0.39, 0.29) is 5.91 Å². The molecule has 1 aliphatic rings. The number of morpholine rings is 1. The van der Waals surface area contributed by atoms with E-state index in [1.165, 1.54) is 5.00 Å². The molecule has 4 aromatic rings. The van der Waals surface area contributed by atoms with Crippen molar-refractivity contribution in [2.75, 3.05) is 31.2 Å². The number of nitrogens with zero attached hydrogens (tertiary/aromatic N) is 2. The predicted molar refractivity (Wildman–Crippen MR) is 145 cm³/mol. The highest BCUT2D eigenvalue weighted by molar-refractivity contribution is 7.17. The third kappa shape index (κ3) is 6.00. The second kappa shape index (κ2) is 11.7. The zero-order valence-corrected chi connectivity index (χ0v) is 20.6. The second-order valence-corrected chi connectivity index (χ2v) is 9.42. The smallest absolute Gasteiger partial charge is 0.271 e. The minimum atomic E-state index is -0.252. The first-order chi connectivity index (χ1) is 17.8. The minimum Gasteiger partial charge on any atom is -0.488 e. The van der Waals surface area contributed by atoms with Gasteiger partial charge in [-0.15, -0.1) is 11.3 Å². The summed E-state index contributed by atoms with van der Waals surface area (Å²) in [7, 11) is 0. The van der Waals surface area contributed by atoms with Gasteiger partial charge < -0.3 is 14.4 Å². The Bertz CT molecular complexity index is 1310. The van der Waals surface area contributed by atoms with Gasteiger partial charge in [0.1, 0.15) is 12.4 Å². The van der Waals surface area contributed by atoms with Gasteiger partial charge in [-0.2, -0.15) is 5.10 Å². The molecule has 36 heavy (non-hydrogen) atoms. The van der Waals surface area contributed by atoms with Crippen molar-refractivity contribution >= 4 is 28.5 Å². The summed E-state index contributed by atoms with van der Waals surface area (Å²) >= 11 is 1.65. The lowest BCUT2D eigenvalue weighted by atomic mass is 10.0. The largest absolute Gasteiger partial charge is 0.488 e. The summed E-state index contributed by atoms with van der Waals surface area (Å²) in [5.41, 5.74) is 6.30. The first kappa shape index (κ1) is 23.8. The number of hydrogen-bond acceptors (Lipinski definition) is 6. The van der Waals surface area contributed by atoms with Gasteiger partial charge in [0.05, 0.1) is 24.4 Å². The fraction of sp³-hybridized carbons (Fsp3) is 0.172. The van der Waals surface area contributed by atoms with Crippen LogP contribution < -0.4 is 15.1 Å². The molecule has 0 unspecified atom stereocenters. The van der Waals surface area contributed by atoms with Crippen LogP contribution in [0, 0.1) is 0 Å². The Morgan fingerprint density at radius 1 is 0.944 bits per heavy atom. The molecular formula is C29H27N3O3S. The van der Waals surface area contributed by atoms with Crippen molar-refractivity contribution in [3.63, 3.8) is 0 Å². The Morgan fingerprint density at radius 2 is 1.69 bits per heavy atom. The molecule has 3 aromatic carbocycles. The monoisotopic (exact) mass is 497 g/mol. The second-order valence-electron chi connectivity index (χ2n) is 8.32. The number of rotatable bonds is 8. The first-order valence-electron chi connectivity index (χ1n) is 11.9. The summed E-state index contributed by atoms with van der Waals surface area (Å²) in [5, 5.41) is 5.32. The van der Waals surface area contributed by atoms with E-state index in [1.807, 2.05) is 54.6 Å². The zero-order valence-electron chi connectivity index (χ0n) is 19.8. The summed E-state index contributed by atoms with van der Waals surface area (Å²) in [6.07, 6.45) is 1.68. The molecule has 6 nitrogen and oxygen atoms in total. The lowest BCUT2D eigenvalue weighted by molar-refractivity contribution is 0.0955. The number of carbonyl (C=O) groups is 1. The predicted octanol–water partition coefficient (Wildman–Crippen LogP) is 5.59. The quantitative estimate of drug-likeness (QED) is 0.254. The van der Waals surface area contributed by atoms with Crippen LogP contribution in [0.15, 0.2) is 96.1 Å². The third-order valence-electron chi connectivity index (χ3n) is 5.88. The molecule has 0 radical (unpaired) electrons. The van der Waals surface area contributed by atoms with Crippen LogP contribution in [0.5, 0.6) is 5.75 Å². The molecule has 7 heteroatoms. The van der Waals surface area contributed by atoms with Gasteiger partial charge in [0.2, 0.25) is 0 Å². The zero-order chi connectivity index (χ0) is 24.6. The molecule has 1 fully saturated rings. The molecule has 1 aromatic heterocycles. The summed E-state index contributed by atoms with van der Waals surface area (Å²) in [5.74, 6) is 0.573. The van der Waals surface area contributed by atoms with Gasteiger partial charge in [0, 0.05) is 29.1 Å². The normalized spacial score (nSPS) is 13.6. The van der Waals surface area contributed by atoms with Crippen LogP contribution in [0.1, 0.15) is 20.8 Å². The Kier molecular flexibility index (Phi) is 7.70. The number of amides is 1. The molecule has 0 aliphatic carbocycles. The summed E-state index contributed by atoms with van der Waals surface area (Å²) < 4.78 is 11.5. The number of thiophene rings is 1. The van der Waals surface area contributed by atoms with Gasteiger partial charge in [-0.3, -0.25) is 4.79 Å². The maximum absolute atomic E-state index is 12.5. The van der Waals surface area contributed by atoms with Crippen molar-refractivity contribution < 1.29 is 14.3 Å². The fourth-order valence-corrected chi connectivity index (χ4v) is 4.88. The number of para-hydroxylation sites is 1. The highest BCUT2D eigenvalue weighted by Crippen LogP contribution is 2.30. The van der Waals surface area contributed by atoms with E-state index >= 15 is 0 Å². The number of carbonyl (C=O) groups excluding carboxylic acids is 1. The molecule has 2 heterocycles. The number of ether oxygens (including phenoxy) is 2. The molecule has 1 amide bonds. The molecule has 1 aliphatic heterocycles. The number of hydrogen-bond donors (Lipinski definition) is 1.